The molecule has 15 heteroatoms. The molecule has 0 radical (unpaired) electrons. The maximum Gasteiger partial charge on any atom is 0.303 e. The van der Waals surface area contributed by atoms with Gasteiger partial charge in [-0.1, -0.05) is 57.8 Å². The molecule has 0 aromatic heterocycles. The molecule has 8 N–H and O–H groups in total. The van der Waals surface area contributed by atoms with Gasteiger partial charge in [0.15, 0.2) is 12.6 Å². The Balaban J connectivity index is 1.75. The third kappa shape index (κ3) is 13.1. The van der Waals surface area contributed by atoms with Crippen molar-refractivity contribution in [2.45, 2.75) is 151 Å². The van der Waals surface area contributed by atoms with Crippen molar-refractivity contribution in [1.29, 1.82) is 0 Å². The summed E-state index contributed by atoms with van der Waals surface area (Å²) in [6, 6.07) is 0. The normalized spacial score (nSPS) is 33.2. The minimum atomic E-state index is -1.78. The Morgan fingerprint density at radius 3 is 1.84 bits per heavy atom. The van der Waals surface area contributed by atoms with E-state index in [4.69, 9.17) is 28.8 Å². The van der Waals surface area contributed by atoms with Crippen LogP contribution in [0.15, 0.2) is 0 Å². The summed E-state index contributed by atoms with van der Waals surface area (Å²) < 4.78 is 27.2. The first-order valence-electron chi connectivity index (χ1n) is 15.6. The van der Waals surface area contributed by atoms with Gasteiger partial charge >= 0.3 is 11.9 Å². The summed E-state index contributed by atoms with van der Waals surface area (Å²) in [4.78, 5) is 21.9. The molecule has 2 saturated heterocycles. The number of aliphatic hydroxyl groups is 7. The minimum Gasteiger partial charge on any atom is -0.481 e. The van der Waals surface area contributed by atoms with Crippen LogP contribution in [0, 0.1) is 0 Å². The summed E-state index contributed by atoms with van der Waals surface area (Å²) in [5, 5.41) is 80.3. The highest BCUT2D eigenvalue weighted by Gasteiger charge is 2.51. The summed E-state index contributed by atoms with van der Waals surface area (Å²) in [5.74, 6) is -1.41. The molecule has 2 rings (SSSR count). The lowest BCUT2D eigenvalue weighted by Crippen LogP contribution is -2.65. The Labute approximate surface area is 257 Å². The molecule has 0 aromatic rings. The van der Waals surface area contributed by atoms with E-state index in [2.05, 4.69) is 0 Å². The number of carbonyl (C=O) groups excluding carboxylic acids is 1. The number of unbranched alkanes of at least 4 members (excludes halogenated alkanes) is 9. The Kier molecular flexibility index (Phi) is 18.1. The average Bonchev–Trinajstić information content (AvgIpc) is 2.98. The number of carbonyl (C=O) groups is 2. The second kappa shape index (κ2) is 20.6. The summed E-state index contributed by atoms with van der Waals surface area (Å²) in [6.07, 6.45) is -5.88. The van der Waals surface area contributed by atoms with E-state index in [1.165, 1.54) is 0 Å². The van der Waals surface area contributed by atoms with Gasteiger partial charge < -0.3 is 64.5 Å². The van der Waals surface area contributed by atoms with Gasteiger partial charge in [-0.3, -0.25) is 9.59 Å². The van der Waals surface area contributed by atoms with E-state index < -0.39 is 92.7 Å². The zero-order valence-corrected chi connectivity index (χ0v) is 25.4. The number of aliphatic hydroxyl groups excluding tert-OH is 7. The smallest absolute Gasteiger partial charge is 0.303 e. The molecule has 2 aliphatic heterocycles. The third-order valence-electron chi connectivity index (χ3n) is 7.86. The van der Waals surface area contributed by atoms with Crippen molar-refractivity contribution in [3.63, 3.8) is 0 Å². The lowest BCUT2D eigenvalue weighted by molar-refractivity contribution is -0.360. The van der Waals surface area contributed by atoms with Gasteiger partial charge in [0.2, 0.25) is 0 Å². The van der Waals surface area contributed by atoms with Crippen LogP contribution in [0.4, 0.5) is 0 Å². The number of ether oxygens (including phenoxy) is 5. The molecule has 2 heterocycles. The van der Waals surface area contributed by atoms with Gasteiger partial charge in [0.25, 0.3) is 0 Å². The fourth-order valence-corrected chi connectivity index (χ4v) is 5.24. The predicted molar refractivity (Wildman–Crippen MR) is 151 cm³/mol. The van der Waals surface area contributed by atoms with Crippen molar-refractivity contribution >= 4 is 11.9 Å². The summed E-state index contributed by atoms with van der Waals surface area (Å²) in [7, 11) is 0. The lowest BCUT2D eigenvalue weighted by atomic mass is 9.97. The first-order chi connectivity index (χ1) is 21.0. The number of carboxylic acid groups (broad SMARTS) is 1. The Morgan fingerprint density at radius 2 is 1.27 bits per heavy atom. The molecule has 2 fully saturated rings. The number of hydrogen-bond donors (Lipinski definition) is 8. The van der Waals surface area contributed by atoms with Gasteiger partial charge in [0.05, 0.1) is 19.3 Å². The van der Waals surface area contributed by atoms with Crippen LogP contribution in [0.3, 0.4) is 0 Å². The summed E-state index contributed by atoms with van der Waals surface area (Å²) >= 11 is 0. The molecular formula is C29H52O15. The number of rotatable bonds is 21. The first-order valence-corrected chi connectivity index (χ1v) is 15.6. The SMILES string of the molecule is CC(=O)OC[C@H]1O[C@@H](OCC(O)CCCCCCCCCCCCC(=O)O)[C@H](O)[C@@H](O)[C@@H]1O[C@@H]1O[C@H](CO)[C@@H](O)[C@H](O)[C@H]1O. The van der Waals surface area contributed by atoms with Crippen LogP contribution in [0.2, 0.25) is 0 Å². The summed E-state index contributed by atoms with van der Waals surface area (Å²) in [6.45, 7) is -0.187. The maximum absolute atomic E-state index is 11.4. The van der Waals surface area contributed by atoms with E-state index in [9.17, 15) is 45.3 Å². The van der Waals surface area contributed by atoms with Crippen molar-refractivity contribution in [1.82, 2.24) is 0 Å². The van der Waals surface area contributed by atoms with E-state index >= 15 is 0 Å². The molecule has 0 amide bonds. The topological polar surface area (TPSA) is 242 Å². The molecular weight excluding hydrogens is 588 g/mol. The van der Waals surface area contributed by atoms with Crippen LogP contribution in [0.1, 0.15) is 84.0 Å². The van der Waals surface area contributed by atoms with Gasteiger partial charge in [-0.2, -0.15) is 0 Å². The molecule has 15 nitrogen and oxygen atoms in total. The molecule has 1 unspecified atom stereocenters. The van der Waals surface area contributed by atoms with Gasteiger partial charge in [-0.15, -0.1) is 0 Å². The second-order valence-electron chi connectivity index (χ2n) is 11.6. The van der Waals surface area contributed by atoms with Crippen LogP contribution >= 0.6 is 0 Å². The molecule has 0 saturated carbocycles. The van der Waals surface area contributed by atoms with Crippen LogP contribution in [0.25, 0.3) is 0 Å². The Morgan fingerprint density at radius 1 is 0.727 bits per heavy atom. The zero-order valence-electron chi connectivity index (χ0n) is 25.4. The van der Waals surface area contributed by atoms with Crippen LogP contribution < -0.4 is 0 Å². The summed E-state index contributed by atoms with van der Waals surface area (Å²) in [5.41, 5.74) is 0. The molecule has 0 aliphatic carbocycles. The van der Waals surface area contributed by atoms with Crippen LogP contribution in [-0.2, 0) is 33.3 Å². The molecule has 0 aromatic carbocycles. The number of hydrogen-bond acceptors (Lipinski definition) is 14. The lowest BCUT2D eigenvalue weighted by Gasteiger charge is -2.46. The van der Waals surface area contributed by atoms with Crippen LogP contribution in [-0.4, -0.2) is 140 Å². The van der Waals surface area contributed by atoms with Gasteiger partial charge in [0, 0.05) is 13.3 Å². The quantitative estimate of drug-likeness (QED) is 0.0573. The minimum absolute atomic E-state index is 0.200. The molecule has 44 heavy (non-hydrogen) atoms. The van der Waals surface area contributed by atoms with Crippen molar-refractivity contribution in [2.24, 2.45) is 0 Å². The highest BCUT2D eigenvalue weighted by molar-refractivity contribution is 5.66. The van der Waals surface area contributed by atoms with Crippen molar-refractivity contribution in [2.75, 3.05) is 19.8 Å². The Bertz CT molecular complexity index is 814. The van der Waals surface area contributed by atoms with E-state index in [-0.39, 0.29) is 13.0 Å². The monoisotopic (exact) mass is 640 g/mol. The number of esters is 1. The van der Waals surface area contributed by atoms with Gasteiger partial charge in [0.1, 0.15) is 55.4 Å². The molecule has 0 bridgehead atoms. The van der Waals surface area contributed by atoms with Gasteiger partial charge in [-0.25, -0.2) is 0 Å². The van der Waals surface area contributed by atoms with E-state index in [1.54, 1.807) is 0 Å². The van der Waals surface area contributed by atoms with E-state index in [0.717, 1.165) is 71.1 Å². The largest absolute Gasteiger partial charge is 0.481 e. The molecule has 258 valence electrons. The highest BCUT2D eigenvalue weighted by atomic mass is 16.7. The fraction of sp³-hybridized carbons (Fsp3) is 0.931. The first kappa shape index (κ1) is 38.7. The highest BCUT2D eigenvalue weighted by Crippen LogP contribution is 2.30. The molecule has 11 atom stereocenters. The third-order valence-corrected chi connectivity index (χ3v) is 7.86. The standard InChI is InChI=1S/C29H52O15/c1-17(31)40-16-20-27(44-29-25(38)23(36)22(35)19(14-30)42-29)24(37)26(39)28(43-20)41-15-18(32)12-10-8-6-4-2-3-5-7-9-11-13-21(33)34/h18-20,22-30,32,35-39H,2-16H2,1H3,(H,33,34)/t18?,19-,20-,22-,23+,24-,25-,26-,27-,28-,29+/m1/s1. The molecule has 0 spiro atoms. The maximum atomic E-state index is 11.4. The van der Waals surface area contributed by atoms with Crippen LogP contribution in [0.5, 0.6) is 0 Å². The molecule has 2 aliphatic rings. The van der Waals surface area contributed by atoms with Gasteiger partial charge in [-0.05, 0) is 12.8 Å². The van der Waals surface area contributed by atoms with Crippen molar-refractivity contribution < 1.29 is 74.1 Å². The van der Waals surface area contributed by atoms with Crippen molar-refractivity contribution in [3.05, 3.63) is 0 Å². The number of carboxylic acids is 1. The second-order valence-corrected chi connectivity index (χ2v) is 11.6. The van der Waals surface area contributed by atoms with E-state index in [0.29, 0.717) is 6.42 Å². The average molecular weight is 641 g/mol. The Hall–Kier alpha value is -1.50. The van der Waals surface area contributed by atoms with Crippen molar-refractivity contribution in [3.8, 4) is 0 Å². The predicted octanol–water partition coefficient (Wildman–Crippen LogP) is -0.675. The fourth-order valence-electron chi connectivity index (χ4n) is 5.24. The number of aliphatic carboxylic acids is 1. The zero-order chi connectivity index (χ0) is 32.6. The van der Waals surface area contributed by atoms with E-state index in [1.807, 2.05) is 0 Å².